The summed E-state index contributed by atoms with van der Waals surface area (Å²) >= 11 is 0. The molecule has 1 aromatic rings. The zero-order valence-electron chi connectivity index (χ0n) is 10.9. The van der Waals surface area contributed by atoms with Crippen molar-refractivity contribution in [2.75, 3.05) is 19.7 Å². The first-order valence-electron chi connectivity index (χ1n) is 6.65. The molecule has 0 unspecified atom stereocenters. The molecule has 0 spiro atoms. The maximum Gasteiger partial charge on any atom is 0.164 e. The van der Waals surface area contributed by atoms with Gasteiger partial charge < -0.3 is 5.11 Å². The lowest BCUT2D eigenvalue weighted by atomic mass is 10.1. The minimum absolute atomic E-state index is 0.176. The predicted molar refractivity (Wildman–Crippen MR) is 71.8 cm³/mol. The van der Waals surface area contributed by atoms with Crippen molar-refractivity contribution in [2.45, 2.75) is 32.2 Å². The molecule has 0 aliphatic heterocycles. The second-order valence-electron chi connectivity index (χ2n) is 5.03. The molecule has 0 amide bonds. The molecule has 18 heavy (non-hydrogen) atoms. The molecule has 1 fully saturated rings. The van der Waals surface area contributed by atoms with Crippen molar-refractivity contribution in [3.63, 3.8) is 0 Å². The molecule has 0 bridgehead atoms. The number of aliphatic hydroxyl groups is 1. The van der Waals surface area contributed by atoms with Crippen molar-refractivity contribution in [1.82, 2.24) is 4.90 Å². The topological polar surface area (TPSA) is 40.5 Å². The van der Waals surface area contributed by atoms with E-state index >= 15 is 0 Å². The number of aliphatic hydroxyl groups excluding tert-OH is 1. The molecule has 0 atom stereocenters. The van der Waals surface area contributed by atoms with Gasteiger partial charge in [-0.25, -0.2) is 0 Å². The second kappa shape index (κ2) is 6.12. The maximum absolute atomic E-state index is 12.1. The molecule has 0 aromatic heterocycles. The fourth-order valence-corrected chi connectivity index (χ4v) is 2.25. The summed E-state index contributed by atoms with van der Waals surface area (Å²) in [5.74, 6) is 0.197. The molecule has 1 N–H and O–H groups in total. The van der Waals surface area contributed by atoms with Crippen LogP contribution in [-0.4, -0.2) is 41.5 Å². The van der Waals surface area contributed by atoms with Crippen LogP contribution in [0.15, 0.2) is 24.3 Å². The fourth-order valence-electron chi connectivity index (χ4n) is 2.25. The Hall–Kier alpha value is -1.19. The molecule has 3 heteroatoms. The molecule has 0 radical (unpaired) electrons. The van der Waals surface area contributed by atoms with Crippen molar-refractivity contribution in [3.05, 3.63) is 35.4 Å². The third-order valence-electron chi connectivity index (χ3n) is 3.42. The van der Waals surface area contributed by atoms with Crippen molar-refractivity contribution in [3.8, 4) is 0 Å². The van der Waals surface area contributed by atoms with Gasteiger partial charge in [-0.2, -0.15) is 0 Å². The molecule has 1 saturated carbocycles. The minimum atomic E-state index is 0.176. The van der Waals surface area contributed by atoms with Gasteiger partial charge in [0, 0.05) is 31.1 Å². The third-order valence-corrected chi connectivity index (χ3v) is 3.42. The van der Waals surface area contributed by atoms with Gasteiger partial charge in [0.25, 0.3) is 0 Å². The monoisotopic (exact) mass is 247 g/mol. The number of nitrogens with zero attached hydrogens (tertiary/aromatic N) is 1. The number of aryl methyl sites for hydroxylation is 1. The first kappa shape index (κ1) is 13.2. The summed E-state index contributed by atoms with van der Waals surface area (Å²) in [6.45, 7) is 3.62. The summed E-state index contributed by atoms with van der Waals surface area (Å²) in [6, 6.07) is 8.34. The smallest absolute Gasteiger partial charge is 0.164 e. The Morgan fingerprint density at radius 1 is 1.39 bits per heavy atom. The summed E-state index contributed by atoms with van der Waals surface area (Å²) in [6.07, 6.45) is 2.96. The number of Topliss-reactive ketones (excluding diaryl/α,β-unsaturated/α-hetero) is 1. The van der Waals surface area contributed by atoms with Gasteiger partial charge >= 0.3 is 0 Å². The highest BCUT2D eigenvalue weighted by atomic mass is 16.3. The van der Waals surface area contributed by atoms with Crippen molar-refractivity contribution < 1.29 is 9.90 Å². The molecule has 1 aromatic carbocycles. The number of benzene rings is 1. The van der Waals surface area contributed by atoms with Gasteiger partial charge in [-0.15, -0.1) is 0 Å². The van der Waals surface area contributed by atoms with Crippen LogP contribution in [0.2, 0.25) is 0 Å². The van der Waals surface area contributed by atoms with Crippen LogP contribution >= 0.6 is 0 Å². The maximum atomic E-state index is 12.1. The summed E-state index contributed by atoms with van der Waals surface area (Å²) in [4.78, 5) is 14.3. The van der Waals surface area contributed by atoms with Gasteiger partial charge in [-0.05, 0) is 25.8 Å². The van der Waals surface area contributed by atoms with Gasteiger partial charge in [0.2, 0.25) is 0 Å². The normalized spacial score (nSPS) is 15.1. The summed E-state index contributed by atoms with van der Waals surface area (Å²) in [7, 11) is 0. The van der Waals surface area contributed by atoms with Crippen LogP contribution < -0.4 is 0 Å². The Kier molecular flexibility index (Phi) is 4.50. The Labute approximate surface area is 108 Å². The standard InChI is InChI=1S/C15H21NO2/c1-12-3-2-4-13(11-12)15(18)7-8-16(9-10-17)14-5-6-14/h2-4,11,14,17H,5-10H2,1H3. The average Bonchev–Trinajstić information content (AvgIpc) is 3.18. The molecule has 0 saturated heterocycles. The summed E-state index contributed by atoms with van der Waals surface area (Å²) < 4.78 is 0. The van der Waals surface area contributed by atoms with Gasteiger partial charge in [-0.1, -0.05) is 23.8 Å². The summed E-state index contributed by atoms with van der Waals surface area (Å²) in [5.41, 5.74) is 1.92. The zero-order valence-corrected chi connectivity index (χ0v) is 10.9. The largest absolute Gasteiger partial charge is 0.395 e. The number of carbonyl (C=O) groups excluding carboxylic acids is 1. The SMILES string of the molecule is Cc1cccc(C(=O)CCN(CCO)C2CC2)c1. The Balaban J connectivity index is 1.87. The molecule has 1 aliphatic rings. The Morgan fingerprint density at radius 2 is 2.17 bits per heavy atom. The van der Waals surface area contributed by atoms with E-state index in [0.717, 1.165) is 17.7 Å². The Bertz CT molecular complexity index is 413. The zero-order chi connectivity index (χ0) is 13.0. The van der Waals surface area contributed by atoms with Crippen LogP contribution in [0.4, 0.5) is 0 Å². The van der Waals surface area contributed by atoms with E-state index in [9.17, 15) is 4.79 Å². The van der Waals surface area contributed by atoms with Crippen molar-refractivity contribution in [2.24, 2.45) is 0 Å². The lowest BCUT2D eigenvalue weighted by Gasteiger charge is -2.20. The lowest BCUT2D eigenvalue weighted by molar-refractivity contribution is 0.0954. The number of carbonyl (C=O) groups is 1. The first-order valence-corrected chi connectivity index (χ1v) is 6.65. The van der Waals surface area contributed by atoms with E-state index in [1.165, 1.54) is 12.8 Å². The van der Waals surface area contributed by atoms with E-state index in [1.54, 1.807) is 0 Å². The van der Waals surface area contributed by atoms with Crippen LogP contribution in [0.3, 0.4) is 0 Å². The van der Waals surface area contributed by atoms with Crippen molar-refractivity contribution in [1.29, 1.82) is 0 Å². The van der Waals surface area contributed by atoms with Crippen molar-refractivity contribution >= 4 is 5.78 Å². The van der Waals surface area contributed by atoms with E-state index in [4.69, 9.17) is 5.11 Å². The molecular formula is C15H21NO2. The highest BCUT2D eigenvalue weighted by Gasteiger charge is 2.28. The van der Waals surface area contributed by atoms with E-state index < -0.39 is 0 Å². The van der Waals surface area contributed by atoms with Crippen LogP contribution in [-0.2, 0) is 0 Å². The molecule has 0 heterocycles. The Morgan fingerprint density at radius 3 is 2.78 bits per heavy atom. The van der Waals surface area contributed by atoms with E-state index in [-0.39, 0.29) is 12.4 Å². The highest BCUT2D eigenvalue weighted by Crippen LogP contribution is 2.26. The van der Waals surface area contributed by atoms with Crippen LogP contribution in [0.25, 0.3) is 0 Å². The number of ketones is 1. The lowest BCUT2D eigenvalue weighted by Crippen LogP contribution is -2.31. The molecular weight excluding hydrogens is 226 g/mol. The predicted octanol–water partition coefficient (Wildman–Crippen LogP) is 2.02. The number of hydrogen-bond donors (Lipinski definition) is 1. The molecule has 1 aliphatic carbocycles. The van der Waals surface area contributed by atoms with Gasteiger partial charge in [0.05, 0.1) is 6.61 Å². The van der Waals surface area contributed by atoms with Gasteiger partial charge in [0.15, 0.2) is 5.78 Å². The van der Waals surface area contributed by atoms with Crippen LogP contribution in [0.1, 0.15) is 35.2 Å². The van der Waals surface area contributed by atoms with Gasteiger partial charge in [0.1, 0.15) is 0 Å². The first-order chi connectivity index (χ1) is 8.70. The van der Waals surface area contributed by atoms with E-state index in [2.05, 4.69) is 4.90 Å². The van der Waals surface area contributed by atoms with Crippen LogP contribution in [0, 0.1) is 6.92 Å². The summed E-state index contributed by atoms with van der Waals surface area (Å²) in [5, 5.41) is 9.01. The second-order valence-corrected chi connectivity index (χ2v) is 5.03. The molecule has 98 valence electrons. The average molecular weight is 247 g/mol. The van der Waals surface area contributed by atoms with Crippen LogP contribution in [0.5, 0.6) is 0 Å². The highest BCUT2D eigenvalue weighted by molar-refractivity contribution is 5.96. The quantitative estimate of drug-likeness (QED) is 0.749. The number of rotatable bonds is 7. The van der Waals surface area contributed by atoms with E-state index in [0.29, 0.717) is 19.0 Å². The molecule has 3 nitrogen and oxygen atoms in total. The van der Waals surface area contributed by atoms with E-state index in [1.807, 2.05) is 31.2 Å². The minimum Gasteiger partial charge on any atom is -0.395 e. The van der Waals surface area contributed by atoms with Gasteiger partial charge in [-0.3, -0.25) is 9.69 Å². The third kappa shape index (κ3) is 3.65. The number of hydrogen-bond acceptors (Lipinski definition) is 3. The fraction of sp³-hybridized carbons (Fsp3) is 0.533. The molecule has 2 rings (SSSR count).